The van der Waals surface area contributed by atoms with Gasteiger partial charge in [-0.2, -0.15) is 0 Å². The van der Waals surface area contributed by atoms with Crippen molar-refractivity contribution < 1.29 is 28.2 Å². The fourth-order valence-corrected chi connectivity index (χ4v) is 5.14. The average molecular weight is 461 g/mol. The Kier molecular flexibility index (Phi) is 7.50. The molecule has 0 bridgehead atoms. The van der Waals surface area contributed by atoms with Gasteiger partial charge in [-0.15, -0.1) is 0 Å². The van der Waals surface area contributed by atoms with Crippen LogP contribution in [0.3, 0.4) is 0 Å². The second kappa shape index (κ2) is 9.79. The lowest BCUT2D eigenvalue weighted by molar-refractivity contribution is -0.137. The van der Waals surface area contributed by atoms with Crippen LogP contribution in [0, 0.1) is 11.8 Å². The molecule has 4 atom stereocenters. The van der Waals surface area contributed by atoms with Gasteiger partial charge < -0.3 is 18.6 Å². The van der Waals surface area contributed by atoms with E-state index in [0.29, 0.717) is 37.4 Å². The third-order valence-corrected chi connectivity index (χ3v) is 11.5. The average Bonchev–Trinajstić information content (AvgIpc) is 3.23. The highest BCUT2D eigenvalue weighted by Gasteiger charge is 2.51. The van der Waals surface area contributed by atoms with Crippen LogP contribution in [0.2, 0.25) is 18.1 Å². The molecule has 0 amide bonds. The largest absolute Gasteiger partial charge is 0.494 e. The molecule has 1 aliphatic heterocycles. The van der Waals surface area contributed by atoms with E-state index < -0.39 is 8.32 Å². The molecule has 176 valence electrons. The van der Waals surface area contributed by atoms with Crippen molar-refractivity contribution in [2.75, 3.05) is 13.2 Å². The molecule has 2 fully saturated rings. The standard InChI is InChI=1S/C25H36O6Si/c1-7-28-23(26)14-18-13-19-20(16-29-32(5,6)25(2,3)4)22(15-21(19)30-18)31-24(27)17-11-9-8-10-12-17/h8-12,14,19-22H,7,13,15-16H2,1-6H3/b18-14+/t19-,20-,21?,22-/m1/s1. The minimum absolute atomic E-state index is 0.00915. The fraction of sp³-hybridized carbons (Fsp3) is 0.600. The molecular weight excluding hydrogens is 424 g/mol. The number of fused-ring (bicyclic) bond motifs is 1. The molecule has 0 aromatic heterocycles. The number of benzene rings is 1. The molecule has 1 unspecified atom stereocenters. The maximum Gasteiger partial charge on any atom is 0.338 e. The summed E-state index contributed by atoms with van der Waals surface area (Å²) in [6, 6.07) is 9.05. The Bertz CT molecular complexity index is 842. The number of hydrogen-bond donors (Lipinski definition) is 0. The van der Waals surface area contributed by atoms with E-state index in [0.717, 1.165) is 0 Å². The molecular formula is C25H36O6Si. The first-order valence-electron chi connectivity index (χ1n) is 11.5. The fourth-order valence-electron chi connectivity index (χ4n) is 4.10. The van der Waals surface area contributed by atoms with Crippen LogP contribution in [0.5, 0.6) is 0 Å². The van der Waals surface area contributed by atoms with Crippen molar-refractivity contribution in [2.45, 2.75) is 70.9 Å². The van der Waals surface area contributed by atoms with Gasteiger partial charge in [0.05, 0.1) is 18.2 Å². The normalized spacial score (nSPS) is 26.5. The molecule has 32 heavy (non-hydrogen) atoms. The molecule has 0 spiro atoms. The predicted octanol–water partition coefficient (Wildman–Crippen LogP) is 5.11. The molecule has 1 aliphatic carbocycles. The molecule has 0 radical (unpaired) electrons. The summed E-state index contributed by atoms with van der Waals surface area (Å²) < 4.78 is 23.6. The van der Waals surface area contributed by atoms with E-state index in [1.807, 2.05) is 18.2 Å². The summed E-state index contributed by atoms with van der Waals surface area (Å²) in [7, 11) is -1.97. The summed E-state index contributed by atoms with van der Waals surface area (Å²) in [4.78, 5) is 24.6. The highest BCUT2D eigenvalue weighted by molar-refractivity contribution is 6.74. The molecule has 6 nitrogen and oxygen atoms in total. The third kappa shape index (κ3) is 5.62. The minimum Gasteiger partial charge on any atom is -0.494 e. The smallest absolute Gasteiger partial charge is 0.338 e. The quantitative estimate of drug-likeness (QED) is 0.320. The zero-order valence-corrected chi connectivity index (χ0v) is 21.1. The number of allylic oxidation sites excluding steroid dienone is 1. The third-order valence-electron chi connectivity index (χ3n) is 6.99. The van der Waals surface area contributed by atoms with Gasteiger partial charge in [0.2, 0.25) is 0 Å². The number of carbonyl (C=O) groups is 2. The van der Waals surface area contributed by atoms with E-state index in [1.165, 1.54) is 6.08 Å². The molecule has 3 rings (SSSR count). The van der Waals surface area contributed by atoms with Crippen molar-refractivity contribution in [1.82, 2.24) is 0 Å². The van der Waals surface area contributed by atoms with Gasteiger partial charge in [-0.25, -0.2) is 9.59 Å². The van der Waals surface area contributed by atoms with Gasteiger partial charge >= 0.3 is 11.9 Å². The summed E-state index contributed by atoms with van der Waals surface area (Å²) in [5.41, 5.74) is 0.539. The summed E-state index contributed by atoms with van der Waals surface area (Å²) in [5.74, 6) is 0.0753. The molecule has 1 saturated heterocycles. The van der Waals surface area contributed by atoms with Crippen molar-refractivity contribution in [1.29, 1.82) is 0 Å². The van der Waals surface area contributed by atoms with Gasteiger partial charge in [0.15, 0.2) is 8.32 Å². The van der Waals surface area contributed by atoms with Crippen molar-refractivity contribution in [3.8, 4) is 0 Å². The van der Waals surface area contributed by atoms with Crippen LogP contribution in [0.15, 0.2) is 42.2 Å². The van der Waals surface area contributed by atoms with Gasteiger partial charge in [0, 0.05) is 31.3 Å². The van der Waals surface area contributed by atoms with E-state index in [9.17, 15) is 9.59 Å². The second-order valence-electron chi connectivity index (χ2n) is 10.2. The lowest BCUT2D eigenvalue weighted by atomic mass is 9.92. The maximum atomic E-state index is 12.7. The van der Waals surface area contributed by atoms with Crippen LogP contribution in [-0.4, -0.2) is 45.7 Å². The number of hydrogen-bond acceptors (Lipinski definition) is 6. The van der Waals surface area contributed by atoms with Gasteiger partial charge in [-0.1, -0.05) is 39.0 Å². The Labute approximate surface area is 192 Å². The Hall–Kier alpha value is -2.12. The van der Waals surface area contributed by atoms with Crippen molar-refractivity contribution in [3.63, 3.8) is 0 Å². The molecule has 7 heteroatoms. The summed E-state index contributed by atoms with van der Waals surface area (Å²) in [5, 5.41) is 0.0857. The van der Waals surface area contributed by atoms with Crippen molar-refractivity contribution in [2.24, 2.45) is 11.8 Å². The summed E-state index contributed by atoms with van der Waals surface area (Å²) in [6.07, 6.45) is 2.27. The first kappa shape index (κ1) is 24.5. The zero-order valence-electron chi connectivity index (χ0n) is 20.1. The highest BCUT2D eigenvalue weighted by Crippen LogP contribution is 2.47. The van der Waals surface area contributed by atoms with Crippen LogP contribution in [0.4, 0.5) is 0 Å². The lowest BCUT2D eigenvalue weighted by Crippen LogP contribution is -2.43. The van der Waals surface area contributed by atoms with Gasteiger partial charge in [-0.05, 0) is 37.2 Å². The first-order valence-corrected chi connectivity index (χ1v) is 14.4. The SMILES string of the molecule is CCOC(=O)/C=C1\C[C@H]2C(C[C@@H](OC(=O)c3ccccc3)[C@@H]2CO[Si](C)(C)C(C)(C)C)O1. The minimum atomic E-state index is -1.97. The number of ether oxygens (including phenoxy) is 3. The zero-order chi connectivity index (χ0) is 23.5. The van der Waals surface area contributed by atoms with E-state index in [2.05, 4.69) is 33.9 Å². The Balaban J connectivity index is 1.75. The molecule has 2 aliphatic rings. The predicted molar refractivity (Wildman–Crippen MR) is 125 cm³/mol. The summed E-state index contributed by atoms with van der Waals surface area (Å²) >= 11 is 0. The monoisotopic (exact) mass is 460 g/mol. The van der Waals surface area contributed by atoms with E-state index in [-0.39, 0.29) is 41.0 Å². The first-order chi connectivity index (χ1) is 15.0. The second-order valence-corrected chi connectivity index (χ2v) is 15.0. The molecule has 0 N–H and O–H groups in total. The van der Waals surface area contributed by atoms with Crippen LogP contribution in [-0.2, 0) is 23.4 Å². The topological polar surface area (TPSA) is 71.1 Å². The Morgan fingerprint density at radius 1 is 1.19 bits per heavy atom. The Morgan fingerprint density at radius 3 is 2.50 bits per heavy atom. The summed E-state index contributed by atoms with van der Waals surface area (Å²) in [6.45, 7) is 13.7. The Morgan fingerprint density at radius 2 is 1.88 bits per heavy atom. The van der Waals surface area contributed by atoms with Gasteiger partial charge in [0.1, 0.15) is 18.0 Å². The molecule has 1 aromatic rings. The highest BCUT2D eigenvalue weighted by atomic mass is 28.4. The number of esters is 2. The molecule has 1 aromatic carbocycles. The number of carbonyl (C=O) groups excluding carboxylic acids is 2. The van der Waals surface area contributed by atoms with E-state index in [1.54, 1.807) is 19.1 Å². The van der Waals surface area contributed by atoms with E-state index in [4.69, 9.17) is 18.6 Å². The molecule has 1 saturated carbocycles. The van der Waals surface area contributed by atoms with Crippen molar-refractivity contribution in [3.05, 3.63) is 47.7 Å². The van der Waals surface area contributed by atoms with Crippen LogP contribution in [0.25, 0.3) is 0 Å². The molecule has 1 heterocycles. The lowest BCUT2D eigenvalue weighted by Gasteiger charge is -2.38. The van der Waals surface area contributed by atoms with Crippen LogP contribution < -0.4 is 0 Å². The van der Waals surface area contributed by atoms with E-state index >= 15 is 0 Å². The number of rotatable bonds is 7. The maximum absolute atomic E-state index is 12.7. The van der Waals surface area contributed by atoms with Crippen LogP contribution >= 0.6 is 0 Å². The van der Waals surface area contributed by atoms with Crippen molar-refractivity contribution >= 4 is 20.3 Å². The van der Waals surface area contributed by atoms with Gasteiger partial charge in [-0.3, -0.25) is 0 Å². The van der Waals surface area contributed by atoms with Gasteiger partial charge in [0.25, 0.3) is 0 Å². The van der Waals surface area contributed by atoms with Crippen LogP contribution in [0.1, 0.15) is 50.9 Å².